The summed E-state index contributed by atoms with van der Waals surface area (Å²) in [5, 5.41) is 0.411. The number of thioether (sulfide) groups is 1. The highest BCUT2D eigenvalue weighted by Crippen LogP contribution is 2.12. The number of ether oxygens (including phenoxy) is 1. The number of hydrogen-bond acceptors (Lipinski definition) is 4. The SMILES string of the molecule is COC(=O)C(C)C(=O)CSC(C)C. The molecule has 0 bridgehead atoms. The normalized spacial score (nSPS) is 12.7. The second kappa shape index (κ2) is 6.02. The van der Waals surface area contributed by atoms with Crippen LogP contribution in [0.2, 0.25) is 0 Å². The number of carbonyl (C=O) groups is 2. The Hall–Kier alpha value is -0.510. The van der Waals surface area contributed by atoms with E-state index in [-0.39, 0.29) is 5.78 Å². The number of ketones is 1. The van der Waals surface area contributed by atoms with Gasteiger partial charge in [0.25, 0.3) is 0 Å². The first-order valence-corrected chi connectivity index (χ1v) is 5.26. The van der Waals surface area contributed by atoms with Crippen LogP contribution in [0.1, 0.15) is 20.8 Å². The number of rotatable bonds is 5. The molecule has 0 saturated carbocycles. The van der Waals surface area contributed by atoms with Gasteiger partial charge in [-0.25, -0.2) is 0 Å². The zero-order valence-electron chi connectivity index (χ0n) is 8.49. The van der Waals surface area contributed by atoms with Crippen LogP contribution in [0, 0.1) is 5.92 Å². The van der Waals surface area contributed by atoms with Crippen molar-refractivity contribution >= 4 is 23.5 Å². The Labute approximate surface area is 83.2 Å². The van der Waals surface area contributed by atoms with E-state index in [2.05, 4.69) is 4.74 Å². The lowest BCUT2D eigenvalue weighted by Gasteiger charge is -2.08. The number of hydrogen-bond donors (Lipinski definition) is 0. The molecule has 3 nitrogen and oxygen atoms in total. The van der Waals surface area contributed by atoms with Gasteiger partial charge in [0.05, 0.1) is 12.9 Å². The summed E-state index contributed by atoms with van der Waals surface area (Å²) < 4.78 is 4.47. The molecular formula is C9H16O3S. The van der Waals surface area contributed by atoms with E-state index in [1.165, 1.54) is 18.9 Å². The van der Waals surface area contributed by atoms with Gasteiger partial charge < -0.3 is 4.74 Å². The molecule has 0 fully saturated rings. The van der Waals surface area contributed by atoms with E-state index in [4.69, 9.17) is 0 Å². The van der Waals surface area contributed by atoms with Gasteiger partial charge in [-0.3, -0.25) is 9.59 Å². The molecule has 0 amide bonds. The Kier molecular flexibility index (Phi) is 5.79. The molecule has 0 aromatic rings. The summed E-state index contributed by atoms with van der Waals surface area (Å²) in [5.41, 5.74) is 0. The molecule has 0 aromatic heterocycles. The molecule has 0 rings (SSSR count). The summed E-state index contributed by atoms with van der Waals surface area (Å²) in [5.74, 6) is -0.760. The van der Waals surface area contributed by atoms with Crippen LogP contribution in [-0.2, 0) is 14.3 Å². The number of methoxy groups -OCH3 is 1. The molecule has 0 aromatic carbocycles. The van der Waals surface area contributed by atoms with Crippen LogP contribution in [0.15, 0.2) is 0 Å². The van der Waals surface area contributed by atoms with Crippen molar-refractivity contribution in [1.82, 2.24) is 0 Å². The lowest BCUT2D eigenvalue weighted by molar-refractivity contribution is -0.147. The molecule has 0 aliphatic rings. The predicted molar refractivity (Wildman–Crippen MR) is 53.8 cm³/mol. The van der Waals surface area contributed by atoms with E-state index in [9.17, 15) is 9.59 Å². The fourth-order valence-corrected chi connectivity index (χ4v) is 1.43. The third-order valence-electron chi connectivity index (χ3n) is 1.60. The quantitative estimate of drug-likeness (QED) is 0.503. The molecule has 0 saturated heterocycles. The first kappa shape index (κ1) is 12.5. The lowest BCUT2D eigenvalue weighted by Crippen LogP contribution is -2.24. The van der Waals surface area contributed by atoms with E-state index >= 15 is 0 Å². The Balaban J connectivity index is 3.90. The van der Waals surface area contributed by atoms with E-state index in [0.717, 1.165) is 0 Å². The van der Waals surface area contributed by atoms with E-state index in [1.807, 2.05) is 13.8 Å². The predicted octanol–water partition coefficient (Wildman–Crippen LogP) is 1.51. The Morgan fingerprint density at radius 2 is 1.85 bits per heavy atom. The first-order chi connectivity index (χ1) is 5.99. The minimum Gasteiger partial charge on any atom is -0.468 e. The lowest BCUT2D eigenvalue weighted by atomic mass is 10.1. The topological polar surface area (TPSA) is 43.4 Å². The third-order valence-corrected chi connectivity index (χ3v) is 2.71. The molecule has 76 valence electrons. The highest BCUT2D eigenvalue weighted by atomic mass is 32.2. The van der Waals surface area contributed by atoms with Gasteiger partial charge in [-0.15, -0.1) is 0 Å². The summed E-state index contributed by atoms with van der Waals surface area (Å²) in [6, 6.07) is 0. The van der Waals surface area contributed by atoms with Crippen LogP contribution >= 0.6 is 11.8 Å². The standard InChI is InChI=1S/C9H16O3S/c1-6(2)13-5-8(10)7(3)9(11)12-4/h6-7H,5H2,1-4H3. The van der Waals surface area contributed by atoms with Crippen molar-refractivity contribution in [2.24, 2.45) is 5.92 Å². The van der Waals surface area contributed by atoms with Gasteiger partial charge in [-0.05, 0) is 12.2 Å². The van der Waals surface area contributed by atoms with Gasteiger partial charge in [0.1, 0.15) is 5.92 Å². The van der Waals surface area contributed by atoms with Gasteiger partial charge in [0.2, 0.25) is 0 Å². The van der Waals surface area contributed by atoms with Gasteiger partial charge in [0, 0.05) is 0 Å². The molecule has 13 heavy (non-hydrogen) atoms. The molecule has 0 aliphatic carbocycles. The first-order valence-electron chi connectivity index (χ1n) is 4.21. The maximum Gasteiger partial charge on any atom is 0.315 e. The average molecular weight is 204 g/mol. The van der Waals surface area contributed by atoms with Crippen molar-refractivity contribution in [2.75, 3.05) is 12.9 Å². The molecule has 4 heteroatoms. The van der Waals surface area contributed by atoms with Crippen molar-refractivity contribution in [3.8, 4) is 0 Å². The fourth-order valence-electron chi connectivity index (χ4n) is 0.682. The van der Waals surface area contributed by atoms with Crippen molar-refractivity contribution in [1.29, 1.82) is 0 Å². The third kappa shape index (κ3) is 4.93. The molecule has 0 heterocycles. The summed E-state index contributed by atoms with van der Waals surface area (Å²) in [6.07, 6.45) is 0. The smallest absolute Gasteiger partial charge is 0.315 e. The van der Waals surface area contributed by atoms with Gasteiger partial charge in [-0.1, -0.05) is 13.8 Å². The molecule has 0 N–H and O–H groups in total. The summed E-state index contributed by atoms with van der Waals surface area (Å²) >= 11 is 1.54. The van der Waals surface area contributed by atoms with Gasteiger partial charge in [0.15, 0.2) is 5.78 Å². The largest absolute Gasteiger partial charge is 0.468 e. The number of esters is 1. The van der Waals surface area contributed by atoms with Crippen molar-refractivity contribution < 1.29 is 14.3 Å². The van der Waals surface area contributed by atoms with Gasteiger partial charge in [-0.2, -0.15) is 11.8 Å². The molecule has 0 radical (unpaired) electrons. The molecular weight excluding hydrogens is 188 g/mol. The van der Waals surface area contributed by atoms with Gasteiger partial charge >= 0.3 is 5.97 Å². The Bertz CT molecular complexity index is 189. The monoisotopic (exact) mass is 204 g/mol. The van der Waals surface area contributed by atoms with Crippen LogP contribution in [-0.4, -0.2) is 29.9 Å². The van der Waals surface area contributed by atoms with Crippen molar-refractivity contribution in [3.05, 3.63) is 0 Å². The van der Waals surface area contributed by atoms with Crippen molar-refractivity contribution in [2.45, 2.75) is 26.0 Å². The molecule has 1 atom stereocenters. The second-order valence-corrected chi connectivity index (χ2v) is 4.64. The summed E-state index contributed by atoms with van der Waals surface area (Å²) in [6.45, 7) is 5.61. The van der Waals surface area contributed by atoms with Crippen LogP contribution in [0.5, 0.6) is 0 Å². The van der Waals surface area contributed by atoms with Crippen LogP contribution < -0.4 is 0 Å². The highest BCUT2D eigenvalue weighted by Gasteiger charge is 2.21. The van der Waals surface area contributed by atoms with E-state index in [0.29, 0.717) is 11.0 Å². The highest BCUT2D eigenvalue weighted by molar-refractivity contribution is 8.00. The van der Waals surface area contributed by atoms with E-state index < -0.39 is 11.9 Å². The summed E-state index contributed by atoms with van der Waals surface area (Å²) in [4.78, 5) is 22.3. The van der Waals surface area contributed by atoms with Crippen LogP contribution in [0.25, 0.3) is 0 Å². The Morgan fingerprint density at radius 1 is 1.31 bits per heavy atom. The van der Waals surface area contributed by atoms with E-state index in [1.54, 1.807) is 6.92 Å². The van der Waals surface area contributed by atoms with Crippen LogP contribution in [0.4, 0.5) is 0 Å². The zero-order valence-corrected chi connectivity index (χ0v) is 9.31. The molecule has 1 unspecified atom stereocenters. The zero-order chi connectivity index (χ0) is 10.4. The average Bonchev–Trinajstić information content (AvgIpc) is 2.11. The summed E-state index contributed by atoms with van der Waals surface area (Å²) in [7, 11) is 1.29. The maximum absolute atomic E-state index is 11.3. The minimum absolute atomic E-state index is 0.0643. The second-order valence-electron chi connectivity index (χ2n) is 3.07. The molecule has 0 spiro atoms. The number of Topliss-reactive ketones (excluding diaryl/α,β-unsaturated/α-hetero) is 1. The number of carbonyl (C=O) groups excluding carboxylic acids is 2. The van der Waals surface area contributed by atoms with Crippen molar-refractivity contribution in [3.63, 3.8) is 0 Å². The Morgan fingerprint density at radius 3 is 2.23 bits per heavy atom. The maximum atomic E-state index is 11.3. The fraction of sp³-hybridized carbons (Fsp3) is 0.778. The minimum atomic E-state index is -0.628. The molecule has 0 aliphatic heterocycles. The van der Waals surface area contributed by atoms with Crippen LogP contribution in [0.3, 0.4) is 0 Å².